The van der Waals surface area contributed by atoms with Crippen LogP contribution in [0, 0.1) is 0 Å². The number of carbonyl (C=O) groups is 2. The average Bonchev–Trinajstić information content (AvgIpc) is 2.67. The van der Waals surface area contributed by atoms with E-state index in [4.69, 9.17) is 0 Å². The van der Waals surface area contributed by atoms with Crippen molar-refractivity contribution in [1.29, 1.82) is 0 Å². The van der Waals surface area contributed by atoms with Gasteiger partial charge in [-0.15, -0.1) is 0 Å². The topological polar surface area (TPSA) is 64.7 Å². The molecule has 1 saturated heterocycles. The first-order chi connectivity index (χ1) is 13.4. The van der Waals surface area contributed by atoms with Crippen molar-refractivity contribution in [2.45, 2.75) is 58.5 Å². The molecule has 1 atom stereocenters. The summed E-state index contributed by atoms with van der Waals surface area (Å²) in [4.78, 5) is 28.5. The molecule has 0 saturated carbocycles. The summed E-state index contributed by atoms with van der Waals surface area (Å²) >= 11 is 0. The predicted molar refractivity (Wildman–Crippen MR) is 111 cm³/mol. The maximum Gasteiger partial charge on any atom is 0.317 e. The highest BCUT2D eigenvalue weighted by molar-refractivity contribution is 5.78. The number of rotatable bonds is 5. The number of hydrogen-bond acceptors (Lipinski definition) is 3. The number of piperazine rings is 1. The molecule has 2 aliphatic rings. The summed E-state index contributed by atoms with van der Waals surface area (Å²) in [5, 5.41) is 6.06. The number of nitrogens with zero attached hydrogens (tertiary/aromatic N) is 2. The summed E-state index contributed by atoms with van der Waals surface area (Å²) in [5.74, 6) is 0.0499. The first-order valence-electron chi connectivity index (χ1n) is 10.6. The summed E-state index contributed by atoms with van der Waals surface area (Å²) < 4.78 is 0. The summed E-state index contributed by atoms with van der Waals surface area (Å²) in [7, 11) is 0. The standard InChI is InChI=1S/C22H34N4O2/c1-16(2)23-21(27)15-25-10-12-26(13-11-25)22(28)24-17(3)19-9-8-18-6-4-5-7-20(18)14-19/h8-9,14,16-17H,4-7,10-13,15H2,1-3H3,(H,23,27)(H,24,28). The van der Waals surface area contributed by atoms with Crippen molar-refractivity contribution >= 4 is 11.9 Å². The van der Waals surface area contributed by atoms with Crippen LogP contribution in [0.4, 0.5) is 4.79 Å². The van der Waals surface area contributed by atoms with E-state index < -0.39 is 0 Å². The molecule has 154 valence electrons. The quantitative estimate of drug-likeness (QED) is 0.817. The molecule has 1 aliphatic carbocycles. The first-order valence-corrected chi connectivity index (χ1v) is 10.6. The highest BCUT2D eigenvalue weighted by atomic mass is 16.2. The zero-order valence-corrected chi connectivity index (χ0v) is 17.5. The zero-order valence-electron chi connectivity index (χ0n) is 17.5. The van der Waals surface area contributed by atoms with Crippen molar-refractivity contribution in [2.24, 2.45) is 0 Å². The van der Waals surface area contributed by atoms with E-state index in [0.29, 0.717) is 19.6 Å². The van der Waals surface area contributed by atoms with Gasteiger partial charge in [0.05, 0.1) is 12.6 Å². The van der Waals surface area contributed by atoms with Gasteiger partial charge in [-0.25, -0.2) is 4.79 Å². The second-order valence-electron chi connectivity index (χ2n) is 8.39. The predicted octanol–water partition coefficient (Wildman–Crippen LogP) is 2.48. The lowest BCUT2D eigenvalue weighted by molar-refractivity contribution is -0.123. The Balaban J connectivity index is 1.47. The highest BCUT2D eigenvalue weighted by Gasteiger charge is 2.24. The van der Waals surface area contributed by atoms with Gasteiger partial charge in [-0.3, -0.25) is 9.69 Å². The number of fused-ring (bicyclic) bond motifs is 1. The van der Waals surface area contributed by atoms with Crippen molar-refractivity contribution in [3.8, 4) is 0 Å². The van der Waals surface area contributed by atoms with Crippen LogP contribution < -0.4 is 10.6 Å². The van der Waals surface area contributed by atoms with E-state index in [-0.39, 0.29) is 24.0 Å². The van der Waals surface area contributed by atoms with Crippen LogP contribution in [0.15, 0.2) is 18.2 Å². The van der Waals surface area contributed by atoms with E-state index >= 15 is 0 Å². The third-order valence-corrected chi connectivity index (χ3v) is 5.69. The van der Waals surface area contributed by atoms with E-state index in [0.717, 1.165) is 19.5 Å². The van der Waals surface area contributed by atoms with Gasteiger partial charge in [-0.05, 0) is 63.1 Å². The molecular formula is C22H34N4O2. The molecule has 2 N–H and O–H groups in total. The van der Waals surface area contributed by atoms with Gasteiger partial charge in [0.25, 0.3) is 0 Å². The molecule has 6 nitrogen and oxygen atoms in total. The third kappa shape index (κ3) is 5.47. The smallest absolute Gasteiger partial charge is 0.317 e. The molecule has 1 aromatic rings. The fourth-order valence-corrected chi connectivity index (χ4v) is 4.06. The van der Waals surface area contributed by atoms with Gasteiger partial charge in [0.15, 0.2) is 0 Å². The van der Waals surface area contributed by atoms with Gasteiger partial charge in [-0.2, -0.15) is 0 Å². The van der Waals surface area contributed by atoms with Crippen molar-refractivity contribution in [2.75, 3.05) is 32.7 Å². The molecule has 0 radical (unpaired) electrons. The number of hydrogen-bond donors (Lipinski definition) is 2. The van der Waals surface area contributed by atoms with Gasteiger partial charge in [0.1, 0.15) is 0 Å². The second-order valence-corrected chi connectivity index (χ2v) is 8.39. The summed E-state index contributed by atoms with van der Waals surface area (Å²) in [5.41, 5.74) is 4.09. The SMILES string of the molecule is CC(C)NC(=O)CN1CCN(C(=O)NC(C)c2ccc3c(c2)CCCC3)CC1. The van der Waals surface area contributed by atoms with E-state index in [1.807, 2.05) is 18.7 Å². The van der Waals surface area contributed by atoms with E-state index in [9.17, 15) is 9.59 Å². The molecular weight excluding hydrogens is 352 g/mol. The normalized spacial score (nSPS) is 18.5. The monoisotopic (exact) mass is 386 g/mol. The lowest BCUT2D eigenvalue weighted by atomic mass is 9.89. The molecule has 1 heterocycles. The zero-order chi connectivity index (χ0) is 20.1. The summed E-state index contributed by atoms with van der Waals surface area (Å²) in [6, 6.07) is 6.79. The molecule has 28 heavy (non-hydrogen) atoms. The summed E-state index contributed by atoms with van der Waals surface area (Å²) in [6.45, 7) is 9.13. The minimum Gasteiger partial charge on any atom is -0.353 e. The Labute approximate surface area is 168 Å². The molecule has 0 spiro atoms. The van der Waals surface area contributed by atoms with E-state index in [1.165, 1.54) is 36.0 Å². The van der Waals surface area contributed by atoms with Gasteiger partial charge in [-0.1, -0.05) is 18.2 Å². The molecule has 1 aromatic carbocycles. The van der Waals surface area contributed by atoms with E-state index in [1.54, 1.807) is 0 Å². The molecule has 1 aliphatic heterocycles. The lowest BCUT2D eigenvalue weighted by Gasteiger charge is -2.35. The Morgan fingerprint density at radius 1 is 0.964 bits per heavy atom. The van der Waals surface area contributed by atoms with Crippen molar-refractivity contribution in [3.05, 3.63) is 34.9 Å². The average molecular weight is 387 g/mol. The van der Waals surface area contributed by atoms with Crippen LogP contribution in [0.5, 0.6) is 0 Å². The Morgan fingerprint density at radius 2 is 1.64 bits per heavy atom. The van der Waals surface area contributed by atoms with Crippen LogP contribution in [-0.2, 0) is 17.6 Å². The van der Waals surface area contributed by atoms with Gasteiger partial charge < -0.3 is 15.5 Å². The minimum absolute atomic E-state index is 0.00502. The van der Waals surface area contributed by atoms with Crippen molar-refractivity contribution in [1.82, 2.24) is 20.4 Å². The second kappa shape index (κ2) is 9.41. The molecule has 0 bridgehead atoms. The van der Waals surface area contributed by atoms with Crippen LogP contribution in [0.3, 0.4) is 0 Å². The van der Waals surface area contributed by atoms with Crippen LogP contribution in [0.2, 0.25) is 0 Å². The maximum atomic E-state index is 12.7. The van der Waals surface area contributed by atoms with Gasteiger partial charge in [0, 0.05) is 32.2 Å². The van der Waals surface area contributed by atoms with Gasteiger partial charge >= 0.3 is 6.03 Å². The molecule has 1 unspecified atom stereocenters. The fourth-order valence-electron chi connectivity index (χ4n) is 4.06. The number of urea groups is 1. The number of carbonyl (C=O) groups excluding carboxylic acids is 2. The molecule has 6 heteroatoms. The highest BCUT2D eigenvalue weighted by Crippen LogP contribution is 2.24. The Hall–Kier alpha value is -2.08. The van der Waals surface area contributed by atoms with Crippen molar-refractivity contribution < 1.29 is 9.59 Å². The molecule has 0 aromatic heterocycles. The fraction of sp³-hybridized carbons (Fsp3) is 0.636. The lowest BCUT2D eigenvalue weighted by Crippen LogP contribution is -2.54. The summed E-state index contributed by atoms with van der Waals surface area (Å²) in [6.07, 6.45) is 4.87. The molecule has 3 rings (SSSR count). The van der Waals surface area contributed by atoms with Crippen LogP contribution >= 0.6 is 0 Å². The van der Waals surface area contributed by atoms with E-state index in [2.05, 4.69) is 40.7 Å². The number of amides is 3. The van der Waals surface area contributed by atoms with Crippen LogP contribution in [-0.4, -0.2) is 60.5 Å². The van der Waals surface area contributed by atoms with Crippen molar-refractivity contribution in [3.63, 3.8) is 0 Å². The minimum atomic E-state index is -0.0171. The third-order valence-electron chi connectivity index (χ3n) is 5.69. The van der Waals surface area contributed by atoms with Crippen LogP contribution in [0.1, 0.15) is 56.3 Å². The number of aryl methyl sites for hydroxylation is 2. The first kappa shape index (κ1) is 20.6. The van der Waals surface area contributed by atoms with Crippen LogP contribution in [0.25, 0.3) is 0 Å². The van der Waals surface area contributed by atoms with Gasteiger partial charge in [0.2, 0.25) is 5.91 Å². The largest absolute Gasteiger partial charge is 0.353 e. The molecule has 1 fully saturated rings. The Kier molecular flexibility index (Phi) is 6.94. The Bertz CT molecular complexity index is 696. The number of nitrogens with one attached hydrogen (secondary N) is 2. The maximum absolute atomic E-state index is 12.7. The number of benzene rings is 1. The molecule has 3 amide bonds. The Morgan fingerprint density at radius 3 is 2.32 bits per heavy atom.